The van der Waals surface area contributed by atoms with Crippen LogP contribution in [-0.2, 0) is 4.79 Å². The maximum Gasteiger partial charge on any atom is 0.389 e. The normalized spacial score (nSPS) is 14.1. The van der Waals surface area contributed by atoms with Crippen molar-refractivity contribution in [2.45, 2.75) is 31.9 Å². The molecule has 1 aliphatic rings. The Morgan fingerprint density at radius 3 is 2.63 bits per heavy atom. The van der Waals surface area contributed by atoms with Crippen LogP contribution in [0.4, 0.5) is 24.8 Å². The van der Waals surface area contributed by atoms with Gasteiger partial charge in [-0.2, -0.15) is 18.2 Å². The van der Waals surface area contributed by atoms with Crippen LogP contribution in [0.15, 0.2) is 36.5 Å². The van der Waals surface area contributed by atoms with Crippen molar-refractivity contribution in [1.82, 2.24) is 15.0 Å². The van der Waals surface area contributed by atoms with Crippen molar-refractivity contribution in [2.75, 3.05) is 15.8 Å². The van der Waals surface area contributed by atoms with Crippen molar-refractivity contribution >= 4 is 40.5 Å². The van der Waals surface area contributed by atoms with E-state index in [1.807, 2.05) is 30.3 Å². The molecule has 1 aliphatic carbocycles. The summed E-state index contributed by atoms with van der Waals surface area (Å²) in [4.78, 5) is 24.0. The SMILES string of the molecule is O=C(Nc1nc(-c2ccc(NSCCCC(F)(F)F)cc2)c2cc[nH]c2n1)C1CC1. The van der Waals surface area contributed by atoms with Gasteiger partial charge in [0.15, 0.2) is 0 Å². The van der Waals surface area contributed by atoms with E-state index in [9.17, 15) is 18.0 Å². The van der Waals surface area contributed by atoms with E-state index in [0.717, 1.165) is 29.5 Å². The van der Waals surface area contributed by atoms with Crippen LogP contribution in [0.25, 0.3) is 22.3 Å². The highest BCUT2D eigenvalue weighted by atomic mass is 32.2. The third kappa shape index (κ3) is 5.24. The lowest BCUT2D eigenvalue weighted by Gasteiger charge is -2.10. The number of fused-ring (bicyclic) bond motifs is 1. The fourth-order valence-electron chi connectivity index (χ4n) is 2.95. The minimum Gasteiger partial charge on any atom is -0.346 e. The van der Waals surface area contributed by atoms with E-state index >= 15 is 0 Å². The smallest absolute Gasteiger partial charge is 0.346 e. The molecular weight excluding hydrogens is 415 g/mol. The maximum atomic E-state index is 12.2. The van der Waals surface area contributed by atoms with Crippen LogP contribution in [0.3, 0.4) is 0 Å². The lowest BCUT2D eigenvalue weighted by molar-refractivity contribution is -0.134. The zero-order valence-corrected chi connectivity index (χ0v) is 16.7. The number of aromatic amines is 1. The molecule has 2 aromatic heterocycles. The first-order chi connectivity index (χ1) is 14.4. The van der Waals surface area contributed by atoms with Crippen molar-refractivity contribution in [1.29, 1.82) is 0 Å². The summed E-state index contributed by atoms with van der Waals surface area (Å²) in [6.45, 7) is 0. The lowest BCUT2D eigenvalue weighted by atomic mass is 10.1. The summed E-state index contributed by atoms with van der Waals surface area (Å²) >= 11 is 1.24. The summed E-state index contributed by atoms with van der Waals surface area (Å²) in [5.41, 5.74) is 2.96. The topological polar surface area (TPSA) is 82.7 Å². The number of carbonyl (C=O) groups is 1. The Bertz CT molecular complexity index is 1030. The third-order valence-corrected chi connectivity index (χ3v) is 5.53. The highest BCUT2D eigenvalue weighted by molar-refractivity contribution is 8.00. The number of carbonyl (C=O) groups excluding carboxylic acids is 1. The molecule has 0 radical (unpaired) electrons. The number of aromatic nitrogens is 3. The Balaban J connectivity index is 1.44. The van der Waals surface area contributed by atoms with Gasteiger partial charge in [0.05, 0.1) is 5.69 Å². The number of H-pyrrole nitrogens is 1. The standard InChI is InChI=1S/C20H20F3N5OS/c21-20(22,23)9-1-11-30-28-14-6-4-12(5-7-14)16-15-8-10-24-17(15)26-19(25-16)27-18(29)13-2-3-13/h4-8,10,13,28H,1-3,9,11H2,(H2,24,25,26,27,29). The Kier molecular flexibility index (Phi) is 5.85. The van der Waals surface area contributed by atoms with Crippen molar-refractivity contribution in [3.8, 4) is 11.3 Å². The largest absolute Gasteiger partial charge is 0.389 e. The van der Waals surface area contributed by atoms with Gasteiger partial charge in [-0.25, -0.2) is 4.98 Å². The highest BCUT2D eigenvalue weighted by Crippen LogP contribution is 2.31. The average Bonchev–Trinajstić information content (AvgIpc) is 3.45. The zero-order chi connectivity index (χ0) is 21.1. The second kappa shape index (κ2) is 8.55. The first-order valence-corrected chi connectivity index (χ1v) is 10.6. The summed E-state index contributed by atoms with van der Waals surface area (Å²) in [5, 5.41) is 3.62. The van der Waals surface area contributed by atoms with Crippen LogP contribution in [0.5, 0.6) is 0 Å². The highest BCUT2D eigenvalue weighted by Gasteiger charge is 2.30. The van der Waals surface area contributed by atoms with Gasteiger partial charge in [-0.05, 0) is 37.5 Å². The quantitative estimate of drug-likeness (QED) is 0.327. The van der Waals surface area contributed by atoms with E-state index < -0.39 is 12.6 Å². The first kappa shape index (κ1) is 20.5. The molecule has 30 heavy (non-hydrogen) atoms. The number of hydrogen-bond acceptors (Lipinski definition) is 5. The van der Waals surface area contributed by atoms with Gasteiger partial charge in [-0.3, -0.25) is 10.1 Å². The monoisotopic (exact) mass is 435 g/mol. The predicted octanol–water partition coefficient (Wildman–Crippen LogP) is 5.38. The van der Waals surface area contributed by atoms with Crippen LogP contribution in [-0.4, -0.2) is 32.8 Å². The summed E-state index contributed by atoms with van der Waals surface area (Å²) in [7, 11) is 0. The second-order valence-corrected chi connectivity index (χ2v) is 8.05. The first-order valence-electron chi connectivity index (χ1n) is 9.60. The Morgan fingerprint density at radius 1 is 1.17 bits per heavy atom. The number of rotatable bonds is 8. The molecule has 0 bridgehead atoms. The van der Waals surface area contributed by atoms with Crippen molar-refractivity contribution in [2.24, 2.45) is 5.92 Å². The van der Waals surface area contributed by atoms with Crippen molar-refractivity contribution in [3.05, 3.63) is 36.5 Å². The molecule has 0 aliphatic heterocycles. The van der Waals surface area contributed by atoms with E-state index in [4.69, 9.17) is 0 Å². The number of anilines is 2. The van der Waals surface area contributed by atoms with Gasteiger partial charge in [0, 0.05) is 40.9 Å². The maximum absolute atomic E-state index is 12.2. The lowest BCUT2D eigenvalue weighted by Crippen LogP contribution is -2.15. The van der Waals surface area contributed by atoms with E-state index in [-0.39, 0.29) is 24.2 Å². The molecule has 4 rings (SSSR count). The average molecular weight is 435 g/mol. The summed E-state index contributed by atoms with van der Waals surface area (Å²) in [6.07, 6.45) is -1.26. The molecular formula is C20H20F3N5OS. The van der Waals surface area contributed by atoms with Gasteiger partial charge in [-0.15, -0.1) is 0 Å². The molecule has 3 N–H and O–H groups in total. The van der Waals surface area contributed by atoms with Crippen LogP contribution in [0.2, 0.25) is 0 Å². The summed E-state index contributed by atoms with van der Waals surface area (Å²) in [5.74, 6) is 0.616. The number of nitrogens with zero attached hydrogens (tertiary/aromatic N) is 2. The van der Waals surface area contributed by atoms with Gasteiger partial charge >= 0.3 is 6.18 Å². The Morgan fingerprint density at radius 2 is 1.93 bits per heavy atom. The molecule has 0 unspecified atom stereocenters. The molecule has 1 aromatic carbocycles. The van der Waals surface area contributed by atoms with E-state index in [0.29, 0.717) is 17.1 Å². The molecule has 3 aromatic rings. The van der Waals surface area contributed by atoms with E-state index in [1.54, 1.807) is 6.20 Å². The predicted molar refractivity (Wildman–Crippen MR) is 112 cm³/mol. The van der Waals surface area contributed by atoms with Gasteiger partial charge < -0.3 is 9.71 Å². The number of nitrogens with one attached hydrogen (secondary N) is 3. The fraction of sp³-hybridized carbons (Fsp3) is 0.350. The second-order valence-electron chi connectivity index (χ2n) is 7.15. The van der Waals surface area contributed by atoms with Gasteiger partial charge in [0.1, 0.15) is 5.65 Å². The van der Waals surface area contributed by atoms with Crippen LogP contribution in [0, 0.1) is 5.92 Å². The number of halogens is 3. The van der Waals surface area contributed by atoms with Crippen LogP contribution in [0.1, 0.15) is 25.7 Å². The molecule has 158 valence electrons. The fourth-order valence-corrected chi connectivity index (χ4v) is 3.64. The van der Waals surface area contributed by atoms with E-state index in [1.165, 1.54) is 11.9 Å². The molecule has 1 saturated carbocycles. The minimum absolute atomic E-state index is 0.0513. The van der Waals surface area contributed by atoms with Crippen LogP contribution < -0.4 is 10.0 Å². The van der Waals surface area contributed by atoms with Crippen LogP contribution >= 0.6 is 11.9 Å². The molecule has 0 atom stereocenters. The minimum atomic E-state index is -4.11. The van der Waals surface area contributed by atoms with Crippen molar-refractivity contribution in [3.63, 3.8) is 0 Å². The van der Waals surface area contributed by atoms with E-state index in [2.05, 4.69) is 25.0 Å². The molecule has 1 fully saturated rings. The molecule has 6 nitrogen and oxygen atoms in total. The molecule has 0 spiro atoms. The number of amides is 1. The van der Waals surface area contributed by atoms with Gasteiger partial charge in [0.25, 0.3) is 0 Å². The zero-order valence-electron chi connectivity index (χ0n) is 15.9. The molecule has 1 amide bonds. The van der Waals surface area contributed by atoms with Crippen molar-refractivity contribution < 1.29 is 18.0 Å². The van der Waals surface area contributed by atoms with Gasteiger partial charge in [0.2, 0.25) is 11.9 Å². The number of hydrogen-bond donors (Lipinski definition) is 3. The number of benzene rings is 1. The molecule has 0 saturated heterocycles. The Hall–Kier alpha value is -2.75. The Labute approximate surface area is 175 Å². The number of alkyl halides is 3. The third-order valence-electron chi connectivity index (χ3n) is 4.65. The van der Waals surface area contributed by atoms with Gasteiger partial charge in [-0.1, -0.05) is 24.1 Å². The molecule has 10 heteroatoms. The summed E-state index contributed by atoms with van der Waals surface area (Å²) < 4.78 is 39.6. The molecule has 2 heterocycles. The summed E-state index contributed by atoms with van der Waals surface area (Å²) in [6, 6.07) is 9.31.